The Bertz CT molecular complexity index is 335. The van der Waals surface area contributed by atoms with Gasteiger partial charge in [-0.3, -0.25) is 4.99 Å². The molecular formula is C10H10NOS. The van der Waals surface area contributed by atoms with Gasteiger partial charge in [0.2, 0.25) is 0 Å². The smallest absolute Gasteiger partial charge is 0.108 e. The Hall–Kier alpha value is -0.800. The molecule has 0 amide bonds. The molecule has 0 saturated heterocycles. The molecule has 0 spiro atoms. The molecule has 1 aromatic rings. The Morgan fingerprint density at radius 2 is 2.23 bits per heavy atom. The molecule has 2 rings (SSSR count). The van der Waals surface area contributed by atoms with E-state index in [0.29, 0.717) is 0 Å². The van der Waals surface area contributed by atoms with Crippen molar-refractivity contribution in [3.63, 3.8) is 0 Å². The molecule has 0 aliphatic carbocycles. The predicted molar refractivity (Wildman–Crippen MR) is 54.7 cm³/mol. The number of aliphatic imine (C=N–C) groups is 1. The lowest BCUT2D eigenvalue weighted by molar-refractivity contribution is 0.177. The van der Waals surface area contributed by atoms with Crippen molar-refractivity contribution in [2.45, 2.75) is 6.61 Å². The maximum atomic E-state index is 10.8. The lowest BCUT2D eigenvalue weighted by Crippen LogP contribution is -1.97. The van der Waals surface area contributed by atoms with Crippen LogP contribution in [0.5, 0.6) is 0 Å². The summed E-state index contributed by atoms with van der Waals surface area (Å²) in [7, 11) is 0. The minimum atomic E-state index is -0.157. The first-order valence-electron chi connectivity index (χ1n) is 4.25. The zero-order chi connectivity index (χ0) is 9.10. The van der Waals surface area contributed by atoms with E-state index in [1.54, 1.807) is 11.8 Å². The molecule has 0 N–H and O–H groups in total. The fourth-order valence-corrected chi connectivity index (χ4v) is 2.27. The van der Waals surface area contributed by atoms with E-state index < -0.39 is 0 Å². The van der Waals surface area contributed by atoms with Crippen LogP contribution in [-0.4, -0.2) is 17.3 Å². The SMILES string of the molecule is [O]Cc1ccccc1C1=NCCS1. The number of hydrogen-bond acceptors (Lipinski definition) is 2. The van der Waals surface area contributed by atoms with E-state index in [0.717, 1.165) is 28.5 Å². The number of rotatable bonds is 2. The van der Waals surface area contributed by atoms with Crippen molar-refractivity contribution < 1.29 is 5.11 Å². The van der Waals surface area contributed by atoms with Gasteiger partial charge in [-0.05, 0) is 5.56 Å². The molecule has 2 nitrogen and oxygen atoms in total. The standard InChI is InChI=1S/C10H10NOS/c12-7-8-3-1-2-4-9(8)10-11-5-6-13-10/h1-4H,5-7H2. The molecule has 0 fully saturated rings. The zero-order valence-electron chi connectivity index (χ0n) is 7.19. The predicted octanol–water partition coefficient (Wildman–Crippen LogP) is 2.11. The van der Waals surface area contributed by atoms with Crippen LogP contribution in [0.25, 0.3) is 0 Å². The van der Waals surface area contributed by atoms with Gasteiger partial charge in [-0.25, -0.2) is 5.11 Å². The zero-order valence-corrected chi connectivity index (χ0v) is 8.01. The van der Waals surface area contributed by atoms with Gasteiger partial charge >= 0.3 is 0 Å². The summed E-state index contributed by atoms with van der Waals surface area (Å²) in [4.78, 5) is 4.36. The minimum Gasteiger partial charge on any atom is -0.277 e. The Kier molecular flexibility index (Phi) is 2.66. The molecule has 0 aromatic heterocycles. The van der Waals surface area contributed by atoms with Crippen molar-refractivity contribution in [3.05, 3.63) is 35.4 Å². The van der Waals surface area contributed by atoms with E-state index in [9.17, 15) is 5.11 Å². The lowest BCUT2D eigenvalue weighted by atomic mass is 10.1. The minimum absolute atomic E-state index is 0.157. The molecule has 0 atom stereocenters. The van der Waals surface area contributed by atoms with Gasteiger partial charge in [-0.1, -0.05) is 24.3 Å². The van der Waals surface area contributed by atoms with Gasteiger partial charge in [0.25, 0.3) is 0 Å². The van der Waals surface area contributed by atoms with Gasteiger partial charge in [0.15, 0.2) is 0 Å². The van der Waals surface area contributed by atoms with Gasteiger partial charge in [-0.2, -0.15) is 0 Å². The van der Waals surface area contributed by atoms with Crippen molar-refractivity contribution in [1.29, 1.82) is 0 Å². The van der Waals surface area contributed by atoms with Crippen LogP contribution < -0.4 is 0 Å². The van der Waals surface area contributed by atoms with Gasteiger partial charge in [0.05, 0.1) is 5.04 Å². The molecule has 67 valence electrons. The highest BCUT2D eigenvalue weighted by molar-refractivity contribution is 8.14. The highest BCUT2D eigenvalue weighted by Crippen LogP contribution is 2.21. The van der Waals surface area contributed by atoms with E-state index in [4.69, 9.17) is 0 Å². The third-order valence-corrected chi connectivity index (χ3v) is 3.00. The average molecular weight is 192 g/mol. The Morgan fingerprint density at radius 3 is 2.92 bits per heavy atom. The Balaban J connectivity index is 2.38. The van der Waals surface area contributed by atoms with Crippen LogP contribution in [0.4, 0.5) is 0 Å². The molecule has 0 bridgehead atoms. The van der Waals surface area contributed by atoms with E-state index in [2.05, 4.69) is 4.99 Å². The topological polar surface area (TPSA) is 32.3 Å². The van der Waals surface area contributed by atoms with E-state index in [1.165, 1.54) is 0 Å². The number of nitrogens with zero attached hydrogens (tertiary/aromatic N) is 1. The van der Waals surface area contributed by atoms with Gasteiger partial charge in [-0.15, -0.1) is 11.8 Å². The lowest BCUT2D eigenvalue weighted by Gasteiger charge is -2.04. The average Bonchev–Trinajstić information content (AvgIpc) is 2.70. The number of benzene rings is 1. The maximum absolute atomic E-state index is 10.8. The van der Waals surface area contributed by atoms with Crippen LogP contribution in [0.2, 0.25) is 0 Å². The molecule has 0 saturated carbocycles. The third-order valence-electron chi connectivity index (χ3n) is 1.99. The molecule has 3 heteroatoms. The summed E-state index contributed by atoms with van der Waals surface area (Å²) >= 11 is 1.74. The summed E-state index contributed by atoms with van der Waals surface area (Å²) < 4.78 is 0. The van der Waals surface area contributed by atoms with Crippen LogP contribution in [0.1, 0.15) is 11.1 Å². The van der Waals surface area contributed by atoms with Crippen molar-refractivity contribution >= 4 is 16.8 Å². The fraction of sp³-hybridized carbons (Fsp3) is 0.300. The van der Waals surface area contributed by atoms with E-state index in [-0.39, 0.29) is 6.61 Å². The Morgan fingerprint density at radius 1 is 1.38 bits per heavy atom. The van der Waals surface area contributed by atoms with Gasteiger partial charge < -0.3 is 0 Å². The molecular weight excluding hydrogens is 182 g/mol. The maximum Gasteiger partial charge on any atom is 0.108 e. The second-order valence-electron chi connectivity index (χ2n) is 2.84. The van der Waals surface area contributed by atoms with Gasteiger partial charge in [0.1, 0.15) is 6.61 Å². The molecule has 1 radical (unpaired) electrons. The molecule has 1 aromatic carbocycles. The first-order chi connectivity index (χ1) is 6.42. The quantitative estimate of drug-likeness (QED) is 0.706. The molecule has 1 heterocycles. The van der Waals surface area contributed by atoms with Crippen molar-refractivity contribution in [2.24, 2.45) is 4.99 Å². The highest BCUT2D eigenvalue weighted by Gasteiger charge is 2.12. The summed E-state index contributed by atoms with van der Waals surface area (Å²) in [6.45, 7) is 0.725. The summed E-state index contributed by atoms with van der Waals surface area (Å²) in [5, 5.41) is 11.9. The summed E-state index contributed by atoms with van der Waals surface area (Å²) in [5.74, 6) is 1.04. The molecule has 1 aliphatic heterocycles. The first-order valence-corrected chi connectivity index (χ1v) is 5.24. The van der Waals surface area contributed by atoms with Gasteiger partial charge in [0, 0.05) is 17.9 Å². The van der Waals surface area contributed by atoms with Crippen LogP contribution >= 0.6 is 11.8 Å². The summed E-state index contributed by atoms with van der Waals surface area (Å²) in [6.07, 6.45) is 0. The van der Waals surface area contributed by atoms with Crippen molar-refractivity contribution in [2.75, 3.05) is 12.3 Å². The normalized spacial score (nSPS) is 15.9. The van der Waals surface area contributed by atoms with E-state index in [1.807, 2.05) is 24.3 Å². The first kappa shape index (κ1) is 8.78. The number of thioether (sulfide) groups is 1. The van der Waals surface area contributed by atoms with Crippen LogP contribution in [0.15, 0.2) is 29.3 Å². The highest BCUT2D eigenvalue weighted by atomic mass is 32.2. The Labute approximate surface area is 81.7 Å². The van der Waals surface area contributed by atoms with Crippen molar-refractivity contribution in [1.82, 2.24) is 0 Å². The number of hydrogen-bond donors (Lipinski definition) is 0. The third kappa shape index (κ3) is 1.76. The van der Waals surface area contributed by atoms with Crippen molar-refractivity contribution in [3.8, 4) is 0 Å². The fourth-order valence-electron chi connectivity index (χ4n) is 1.35. The summed E-state index contributed by atoms with van der Waals surface area (Å²) in [6, 6.07) is 7.71. The van der Waals surface area contributed by atoms with Crippen LogP contribution in [-0.2, 0) is 11.7 Å². The van der Waals surface area contributed by atoms with E-state index >= 15 is 0 Å². The molecule has 1 aliphatic rings. The largest absolute Gasteiger partial charge is 0.277 e. The second kappa shape index (κ2) is 3.94. The molecule has 0 unspecified atom stereocenters. The summed E-state index contributed by atoms with van der Waals surface area (Å²) in [5.41, 5.74) is 1.88. The molecule has 13 heavy (non-hydrogen) atoms. The monoisotopic (exact) mass is 192 g/mol. The second-order valence-corrected chi connectivity index (χ2v) is 3.92. The van der Waals surface area contributed by atoms with Crippen LogP contribution in [0.3, 0.4) is 0 Å². The van der Waals surface area contributed by atoms with Crippen LogP contribution in [0, 0.1) is 0 Å².